The van der Waals surface area contributed by atoms with Gasteiger partial charge >= 0.3 is 350 Å². The maximum atomic E-state index is 2.59. The number of hydrogen-bond acceptors (Lipinski definition) is 0. The summed E-state index contributed by atoms with van der Waals surface area (Å²) in [6.07, 6.45) is 3.59. The van der Waals surface area contributed by atoms with E-state index < -0.39 is 21.3 Å². The van der Waals surface area contributed by atoms with Crippen LogP contribution in [0.2, 0.25) is 0 Å². The van der Waals surface area contributed by atoms with E-state index in [0.29, 0.717) is 5.92 Å². The first-order chi connectivity index (χ1) is 26.1. The minimum atomic E-state index is -3.16. The zero-order valence-corrected chi connectivity index (χ0v) is 41.5. The fraction of sp³-hybridized carbons (Fsp3) is 0.364. The maximum Gasteiger partial charge on any atom is -1.00 e. The smallest absolute Gasteiger partial charge is 1.00 e. The van der Waals surface area contributed by atoms with Crippen molar-refractivity contribution >= 4 is 12.1 Å². The van der Waals surface area contributed by atoms with Gasteiger partial charge in [0, 0.05) is 0 Å². The van der Waals surface area contributed by atoms with Crippen molar-refractivity contribution in [3.8, 4) is 11.1 Å². The Bertz CT molecular complexity index is 2340. The molecule has 0 bridgehead atoms. The molecule has 1 atom stereocenters. The third-order valence-corrected chi connectivity index (χ3v) is 21.0. The van der Waals surface area contributed by atoms with Gasteiger partial charge in [0.15, 0.2) is 0 Å². The summed E-state index contributed by atoms with van der Waals surface area (Å²) in [4.78, 5) is 0. The van der Waals surface area contributed by atoms with E-state index in [1.54, 1.807) is 15.3 Å². The van der Waals surface area contributed by atoms with Crippen molar-refractivity contribution in [1.29, 1.82) is 0 Å². The Balaban J connectivity index is 0.00000320. The molecule has 0 saturated heterocycles. The molecule has 0 aliphatic heterocycles. The summed E-state index contributed by atoms with van der Waals surface area (Å²) in [7, 11) is 0. The van der Waals surface area contributed by atoms with Crippen molar-refractivity contribution in [2.75, 3.05) is 0 Å². The van der Waals surface area contributed by atoms with Crippen LogP contribution in [-0.2, 0) is 49.3 Å². The van der Waals surface area contributed by atoms with Crippen molar-refractivity contribution < 1.29 is 46.1 Å². The summed E-state index contributed by atoms with van der Waals surface area (Å²) >= 11 is -3.16. The Labute approximate surface area is 371 Å². The predicted molar refractivity (Wildman–Crippen MR) is 241 cm³/mol. The van der Waals surface area contributed by atoms with E-state index in [-0.39, 0.29) is 46.5 Å². The standard InChI is InChI=1S/C21H25.C21H26.C13H13.2ClH.Zr/c1-20(2,3)16-7-9-18-14(12-16)11-15-13-17(21(4,5)6)8-10-19(15)18;1-20(2,3)18-11-7-16(8-12-18)15-17-9-13-19(14-10-17)21(4,5)6;1-10-8-11(2)13(9-10)12-6-4-3-5-7-12;;;/h7-10,12H,11H2,1-6H3;7-14H,1-6H3;3-7,9-10H,1-2H3;2*1H;/q;;;;;+2/p-2. The Kier molecular flexibility index (Phi) is 13.3. The molecule has 2 aliphatic rings. The topological polar surface area (TPSA) is 0 Å². The van der Waals surface area contributed by atoms with E-state index in [1.165, 1.54) is 66.8 Å². The van der Waals surface area contributed by atoms with E-state index in [9.17, 15) is 0 Å². The number of benzene rings is 5. The minimum Gasteiger partial charge on any atom is -1.00 e. The summed E-state index contributed by atoms with van der Waals surface area (Å²) in [6, 6.07) is 43.0. The van der Waals surface area contributed by atoms with E-state index in [0.717, 1.165) is 6.42 Å². The first-order valence-electron chi connectivity index (χ1n) is 20.9. The van der Waals surface area contributed by atoms with Crippen LogP contribution in [-0.4, -0.2) is 3.21 Å². The molecular formula is C55H64Cl2Zr. The van der Waals surface area contributed by atoms with Gasteiger partial charge in [-0.05, 0) is 0 Å². The Morgan fingerprint density at radius 3 is 1.52 bits per heavy atom. The monoisotopic (exact) mass is 884 g/mol. The molecule has 0 N–H and O–H groups in total. The second-order valence-electron chi connectivity index (χ2n) is 20.7. The molecule has 0 aromatic heterocycles. The molecule has 5 aromatic rings. The number of fused-ring (bicyclic) bond motifs is 3. The molecule has 0 saturated carbocycles. The quantitative estimate of drug-likeness (QED) is 0.165. The van der Waals surface area contributed by atoms with Gasteiger partial charge in [-0.2, -0.15) is 0 Å². The summed E-state index contributed by atoms with van der Waals surface area (Å²) in [5, 5.41) is 0. The average molecular weight is 887 g/mol. The third kappa shape index (κ3) is 8.85. The van der Waals surface area contributed by atoms with E-state index in [2.05, 4.69) is 212 Å². The van der Waals surface area contributed by atoms with Gasteiger partial charge in [-0.25, -0.2) is 0 Å². The largest absolute Gasteiger partial charge is 1.00 e. The summed E-state index contributed by atoms with van der Waals surface area (Å²) in [5.41, 5.74) is 18.9. The zero-order valence-electron chi connectivity index (χ0n) is 37.5. The van der Waals surface area contributed by atoms with Crippen molar-refractivity contribution in [3.63, 3.8) is 0 Å². The average Bonchev–Trinajstić information content (AvgIpc) is 3.65. The summed E-state index contributed by atoms with van der Waals surface area (Å²) < 4.78 is 5.01. The molecule has 3 heteroatoms. The van der Waals surface area contributed by atoms with Crippen LogP contribution in [0.1, 0.15) is 147 Å². The van der Waals surface area contributed by atoms with Crippen LogP contribution < -0.4 is 28.1 Å². The van der Waals surface area contributed by atoms with Crippen molar-refractivity contribution in [2.24, 2.45) is 5.92 Å². The Hall–Kier alpha value is -3.09. The molecule has 0 amide bonds. The molecule has 0 spiro atoms. The fourth-order valence-electron chi connectivity index (χ4n) is 9.07. The number of halogens is 2. The SMILES string of the molecule is CC1=[C]([Zr+2](=[C](c2ccc(C(C)(C)C)cc2)c2ccc(C(C)(C)C)cc2)[c]2c(C(C)(C)C)ccc3c2Cc2cc(C(C)(C)C)ccc2-3)C(C)C=C1c1ccccc1.[Cl-].[Cl-]. The van der Waals surface area contributed by atoms with Crippen LogP contribution in [0.3, 0.4) is 0 Å². The molecule has 1 unspecified atom stereocenters. The molecule has 58 heavy (non-hydrogen) atoms. The van der Waals surface area contributed by atoms with E-state index >= 15 is 0 Å². The van der Waals surface area contributed by atoms with Gasteiger partial charge < -0.3 is 24.8 Å². The van der Waals surface area contributed by atoms with Gasteiger partial charge in [-0.1, -0.05) is 0 Å². The van der Waals surface area contributed by atoms with Gasteiger partial charge in [0.2, 0.25) is 0 Å². The Morgan fingerprint density at radius 2 is 1.03 bits per heavy atom. The van der Waals surface area contributed by atoms with Crippen molar-refractivity contribution in [1.82, 2.24) is 0 Å². The third-order valence-electron chi connectivity index (χ3n) is 12.4. The Morgan fingerprint density at radius 1 is 0.552 bits per heavy atom. The predicted octanol–water partition coefficient (Wildman–Crippen LogP) is 7.98. The van der Waals surface area contributed by atoms with Crippen LogP contribution in [0, 0.1) is 5.92 Å². The summed E-state index contributed by atoms with van der Waals surface area (Å²) in [5.74, 6) is 0.345. The first-order valence-corrected chi connectivity index (χ1v) is 24.6. The van der Waals surface area contributed by atoms with Crippen LogP contribution >= 0.6 is 0 Å². The van der Waals surface area contributed by atoms with Gasteiger partial charge in [0.25, 0.3) is 0 Å². The fourth-order valence-corrected chi connectivity index (χ4v) is 18.9. The molecule has 7 rings (SSSR count). The molecule has 5 aromatic carbocycles. The minimum absolute atomic E-state index is 0. The second-order valence-corrected chi connectivity index (χ2v) is 26.4. The van der Waals surface area contributed by atoms with E-state index in [1.807, 2.05) is 0 Å². The molecule has 0 nitrogen and oxygen atoms in total. The molecule has 302 valence electrons. The number of rotatable bonds is 5. The second kappa shape index (κ2) is 16.8. The van der Waals surface area contributed by atoms with Crippen LogP contribution in [0.25, 0.3) is 16.7 Å². The van der Waals surface area contributed by atoms with Crippen molar-refractivity contribution in [3.05, 3.63) is 174 Å². The van der Waals surface area contributed by atoms with Gasteiger partial charge in [0.05, 0.1) is 0 Å². The molecule has 0 radical (unpaired) electrons. The van der Waals surface area contributed by atoms with Crippen LogP contribution in [0.5, 0.6) is 0 Å². The van der Waals surface area contributed by atoms with Crippen LogP contribution in [0.4, 0.5) is 0 Å². The number of hydrogen-bond donors (Lipinski definition) is 0. The van der Waals surface area contributed by atoms with Crippen LogP contribution in [0.15, 0.2) is 124 Å². The molecule has 0 heterocycles. The molecule has 0 fully saturated rings. The van der Waals surface area contributed by atoms with Gasteiger partial charge in [-0.15, -0.1) is 0 Å². The maximum absolute atomic E-state index is 3.16. The van der Waals surface area contributed by atoms with Gasteiger partial charge in [0.1, 0.15) is 0 Å². The molecular weight excluding hydrogens is 823 g/mol. The first kappa shape index (κ1) is 46.0. The van der Waals surface area contributed by atoms with E-state index in [4.69, 9.17) is 0 Å². The number of allylic oxidation sites excluding steroid dienone is 4. The van der Waals surface area contributed by atoms with Gasteiger partial charge in [-0.3, -0.25) is 0 Å². The normalized spacial score (nSPS) is 15.1. The van der Waals surface area contributed by atoms with Crippen molar-refractivity contribution in [2.45, 2.75) is 125 Å². The summed E-state index contributed by atoms with van der Waals surface area (Å²) in [6.45, 7) is 33.3. The zero-order chi connectivity index (χ0) is 40.5. The molecule has 2 aliphatic carbocycles.